The molecule has 78 valence electrons. The minimum absolute atomic E-state index is 0.0552. The van der Waals surface area contributed by atoms with E-state index in [1.807, 2.05) is 0 Å². The summed E-state index contributed by atoms with van der Waals surface area (Å²) in [7, 11) is 0. The molecule has 1 aromatic heterocycles. The zero-order valence-electron chi connectivity index (χ0n) is 7.44. The number of aromatic nitrogens is 2. The van der Waals surface area contributed by atoms with E-state index < -0.39 is 6.43 Å². The molecule has 5 nitrogen and oxygen atoms in total. The van der Waals surface area contributed by atoms with E-state index in [4.69, 9.17) is 0 Å². The van der Waals surface area contributed by atoms with Crippen molar-refractivity contribution in [3.63, 3.8) is 0 Å². The Morgan fingerprint density at radius 1 is 1.40 bits per heavy atom. The molecule has 1 aromatic rings. The normalized spacial score (nSPS) is 15.4. The van der Waals surface area contributed by atoms with Crippen molar-refractivity contribution >= 4 is 11.6 Å². The Hall–Kier alpha value is -1.92. The number of carbonyl (C=O) groups excluding carboxylic acids is 1. The second kappa shape index (κ2) is 3.68. The number of alkyl halides is 2. The highest BCUT2D eigenvalue weighted by Crippen LogP contribution is 2.17. The van der Waals surface area contributed by atoms with Gasteiger partial charge in [-0.3, -0.25) is 4.79 Å². The van der Waals surface area contributed by atoms with Crippen molar-refractivity contribution in [2.24, 2.45) is 5.10 Å². The van der Waals surface area contributed by atoms with E-state index in [1.165, 1.54) is 0 Å². The van der Waals surface area contributed by atoms with E-state index >= 15 is 0 Å². The highest BCUT2D eigenvalue weighted by atomic mass is 19.3. The summed E-state index contributed by atoms with van der Waals surface area (Å²) in [6.07, 6.45) is -1.57. The Balaban J connectivity index is 2.29. The van der Waals surface area contributed by atoms with Gasteiger partial charge < -0.3 is 0 Å². The lowest BCUT2D eigenvalue weighted by molar-refractivity contribution is -0.119. The summed E-state index contributed by atoms with van der Waals surface area (Å²) >= 11 is 0. The number of nitrogens with zero attached hydrogens (tertiary/aromatic N) is 3. The van der Waals surface area contributed by atoms with Gasteiger partial charge in [0.15, 0.2) is 0 Å². The first-order valence-corrected chi connectivity index (χ1v) is 4.12. The van der Waals surface area contributed by atoms with Crippen LogP contribution in [0.15, 0.2) is 17.5 Å². The van der Waals surface area contributed by atoms with Gasteiger partial charge in [0.05, 0.1) is 17.8 Å². The van der Waals surface area contributed by atoms with Gasteiger partial charge in [0.2, 0.25) is 5.91 Å². The number of carbonyl (C=O) groups is 1. The molecule has 0 unspecified atom stereocenters. The van der Waals surface area contributed by atoms with Gasteiger partial charge >= 0.3 is 0 Å². The van der Waals surface area contributed by atoms with Crippen LogP contribution in [0, 0.1) is 0 Å². The fourth-order valence-corrected chi connectivity index (χ4v) is 1.16. The van der Waals surface area contributed by atoms with Crippen LogP contribution in [-0.4, -0.2) is 21.6 Å². The van der Waals surface area contributed by atoms with Crippen LogP contribution in [-0.2, 0) is 4.79 Å². The molecule has 7 heteroatoms. The molecule has 0 aromatic carbocycles. The predicted octanol–water partition coefficient (Wildman–Crippen LogP) is 0.638. The second-order valence-corrected chi connectivity index (χ2v) is 2.90. The number of amides is 1. The summed E-state index contributed by atoms with van der Waals surface area (Å²) in [5.41, 5.74) is 2.44. The van der Waals surface area contributed by atoms with Crippen molar-refractivity contribution in [2.75, 3.05) is 0 Å². The molecule has 0 saturated carbocycles. The van der Waals surface area contributed by atoms with Gasteiger partial charge in [-0.2, -0.15) is 5.10 Å². The first kappa shape index (κ1) is 9.63. The second-order valence-electron chi connectivity index (χ2n) is 2.90. The van der Waals surface area contributed by atoms with Crippen LogP contribution in [0.2, 0.25) is 0 Å². The summed E-state index contributed by atoms with van der Waals surface area (Å²) in [4.78, 5) is 18.0. The monoisotopic (exact) mass is 212 g/mol. The lowest BCUT2D eigenvalue weighted by Crippen LogP contribution is -2.09. The largest absolute Gasteiger partial charge is 0.280 e. The Morgan fingerprint density at radius 2 is 2.20 bits per heavy atom. The molecule has 0 aliphatic carbocycles. The molecular weight excluding hydrogens is 206 g/mol. The molecule has 1 amide bonds. The maximum Gasteiger partial charge on any atom is 0.280 e. The fraction of sp³-hybridized carbons (Fsp3) is 0.250. The van der Waals surface area contributed by atoms with Crippen molar-refractivity contribution in [3.8, 4) is 0 Å². The van der Waals surface area contributed by atoms with Crippen molar-refractivity contribution in [1.29, 1.82) is 0 Å². The van der Waals surface area contributed by atoms with Gasteiger partial charge in [0.25, 0.3) is 6.43 Å². The average molecular weight is 212 g/mol. The quantitative estimate of drug-likeness (QED) is 0.782. The summed E-state index contributed by atoms with van der Waals surface area (Å²) in [5, 5.41) is 3.67. The van der Waals surface area contributed by atoms with Gasteiger partial charge in [-0.15, -0.1) is 0 Å². The van der Waals surface area contributed by atoms with Gasteiger partial charge in [-0.1, -0.05) is 0 Å². The van der Waals surface area contributed by atoms with Crippen LogP contribution in [0.3, 0.4) is 0 Å². The number of rotatable bonds is 2. The molecule has 1 aliphatic heterocycles. The molecule has 0 spiro atoms. The Bertz CT molecular complexity index is 432. The molecule has 2 rings (SSSR count). The van der Waals surface area contributed by atoms with E-state index in [9.17, 15) is 13.6 Å². The summed E-state index contributed by atoms with van der Waals surface area (Å²) in [6, 6.07) is 1.13. The third-order valence-corrected chi connectivity index (χ3v) is 1.85. The Morgan fingerprint density at radius 3 is 2.80 bits per heavy atom. The highest BCUT2D eigenvalue weighted by molar-refractivity contribution is 6.12. The van der Waals surface area contributed by atoms with Gasteiger partial charge in [-0.25, -0.2) is 24.2 Å². The molecule has 2 heterocycles. The Labute approximate surface area is 83.2 Å². The third-order valence-electron chi connectivity index (χ3n) is 1.85. The topological polar surface area (TPSA) is 67.2 Å². The zero-order chi connectivity index (χ0) is 10.8. The number of halogens is 2. The van der Waals surface area contributed by atoms with Crippen LogP contribution in [0.1, 0.15) is 24.2 Å². The molecule has 1 N–H and O–H groups in total. The minimum Gasteiger partial charge on any atom is -0.273 e. The van der Waals surface area contributed by atoms with Crippen molar-refractivity contribution in [3.05, 3.63) is 23.8 Å². The molecule has 0 fully saturated rings. The van der Waals surface area contributed by atoms with E-state index in [1.54, 1.807) is 0 Å². The third kappa shape index (κ3) is 1.95. The standard InChI is InChI=1S/C8H6F2N4O/c9-8(10)6-1-4(11-3-12-6)5-2-7(15)14-13-5/h1,3,8H,2H2,(H,14,15). The first-order valence-electron chi connectivity index (χ1n) is 4.12. The molecule has 15 heavy (non-hydrogen) atoms. The SMILES string of the molecule is O=C1CC(c2cc(C(F)F)ncn2)=NN1. The number of hydrazone groups is 1. The van der Waals surface area contributed by atoms with E-state index in [0.29, 0.717) is 5.71 Å². The smallest absolute Gasteiger partial charge is 0.273 e. The van der Waals surface area contributed by atoms with E-state index in [0.717, 1.165) is 12.4 Å². The van der Waals surface area contributed by atoms with Crippen LogP contribution < -0.4 is 5.43 Å². The Kier molecular flexibility index (Phi) is 2.36. The zero-order valence-corrected chi connectivity index (χ0v) is 7.44. The van der Waals surface area contributed by atoms with E-state index in [-0.39, 0.29) is 23.7 Å². The first-order chi connectivity index (χ1) is 7.16. The van der Waals surface area contributed by atoms with Gasteiger partial charge in [0, 0.05) is 0 Å². The highest BCUT2D eigenvalue weighted by Gasteiger charge is 2.19. The van der Waals surface area contributed by atoms with Crippen LogP contribution in [0.25, 0.3) is 0 Å². The molecule has 1 aliphatic rings. The van der Waals surface area contributed by atoms with E-state index in [2.05, 4.69) is 20.5 Å². The molecule has 0 radical (unpaired) electrons. The van der Waals surface area contributed by atoms with Crippen LogP contribution in [0.4, 0.5) is 8.78 Å². The molecular formula is C8H6F2N4O. The number of hydrogen-bond acceptors (Lipinski definition) is 4. The number of nitrogens with one attached hydrogen (secondary N) is 1. The summed E-state index contributed by atoms with van der Waals surface area (Å²) < 4.78 is 24.6. The lowest BCUT2D eigenvalue weighted by atomic mass is 10.2. The maximum atomic E-state index is 12.3. The van der Waals surface area contributed by atoms with Crippen LogP contribution >= 0.6 is 0 Å². The lowest BCUT2D eigenvalue weighted by Gasteiger charge is -2.00. The van der Waals surface area contributed by atoms with Gasteiger partial charge in [0.1, 0.15) is 12.0 Å². The molecule has 0 atom stereocenters. The van der Waals surface area contributed by atoms with Gasteiger partial charge in [-0.05, 0) is 6.07 Å². The average Bonchev–Trinajstić information content (AvgIpc) is 2.65. The maximum absolute atomic E-state index is 12.3. The van der Waals surface area contributed by atoms with Crippen molar-refractivity contribution < 1.29 is 13.6 Å². The summed E-state index contributed by atoms with van der Waals surface area (Å²) in [5.74, 6) is -0.276. The van der Waals surface area contributed by atoms with Crippen molar-refractivity contribution in [2.45, 2.75) is 12.8 Å². The number of hydrogen-bond donors (Lipinski definition) is 1. The van der Waals surface area contributed by atoms with Crippen LogP contribution in [0.5, 0.6) is 0 Å². The fourth-order valence-electron chi connectivity index (χ4n) is 1.16. The molecule has 0 bridgehead atoms. The summed E-state index contributed by atoms with van der Waals surface area (Å²) in [6.45, 7) is 0. The minimum atomic E-state index is -2.66. The predicted molar refractivity (Wildman–Crippen MR) is 46.3 cm³/mol. The van der Waals surface area contributed by atoms with Crippen molar-refractivity contribution in [1.82, 2.24) is 15.4 Å². The molecule has 0 saturated heterocycles.